The van der Waals surface area contributed by atoms with Crippen LogP contribution in [-0.2, 0) is 13.0 Å². The van der Waals surface area contributed by atoms with Crippen LogP contribution in [0.5, 0.6) is 0 Å². The first kappa shape index (κ1) is 21.2. The minimum absolute atomic E-state index is 0.863. The van der Waals surface area contributed by atoms with Crippen molar-refractivity contribution in [3.63, 3.8) is 0 Å². The minimum atomic E-state index is 0.863. The van der Waals surface area contributed by atoms with Gasteiger partial charge in [-0.15, -0.1) is 0 Å². The second kappa shape index (κ2) is 8.32. The number of hydrogen-bond acceptors (Lipinski definition) is 3. The van der Waals surface area contributed by atoms with Crippen LogP contribution in [0.1, 0.15) is 12.0 Å². The van der Waals surface area contributed by atoms with Crippen molar-refractivity contribution < 1.29 is 13.7 Å². The number of aromatic nitrogens is 3. The van der Waals surface area contributed by atoms with Crippen molar-refractivity contribution in [3.05, 3.63) is 115 Å². The standard InChI is InChI=1S/C33H24N3O2/c1-2-6-22(7-3-1)23-8-4-9-24(18-23)25-11-13-31-28(19-25)29-20-27(12-14-32(29)38-31)36-33-26(21-37-36)10-5-17-35-30(33)15-16-34-35/h1-4,6-9,11-16,18-21H,5,10,17H2/q+1. The molecule has 4 aromatic carbocycles. The Labute approximate surface area is 219 Å². The van der Waals surface area contributed by atoms with Gasteiger partial charge in [0.2, 0.25) is 0 Å². The van der Waals surface area contributed by atoms with E-state index in [0.29, 0.717) is 0 Å². The summed E-state index contributed by atoms with van der Waals surface area (Å²) in [5, 5.41) is 6.68. The van der Waals surface area contributed by atoms with Crippen LogP contribution in [0, 0.1) is 0 Å². The Hall–Kier alpha value is -4.90. The molecule has 1 aliphatic heterocycles. The predicted octanol–water partition coefficient (Wildman–Crippen LogP) is 7.60. The summed E-state index contributed by atoms with van der Waals surface area (Å²) >= 11 is 0. The summed E-state index contributed by atoms with van der Waals surface area (Å²) in [5.74, 6) is 0. The molecule has 0 bridgehead atoms. The van der Waals surface area contributed by atoms with Crippen molar-refractivity contribution in [2.24, 2.45) is 0 Å². The number of fused-ring (bicyclic) bond motifs is 6. The molecule has 0 atom stereocenters. The first-order chi connectivity index (χ1) is 18.8. The van der Waals surface area contributed by atoms with Crippen molar-refractivity contribution in [1.82, 2.24) is 9.78 Å². The number of hydrogen-bond donors (Lipinski definition) is 0. The van der Waals surface area contributed by atoms with E-state index in [1.165, 1.54) is 22.3 Å². The Morgan fingerprint density at radius 1 is 0.711 bits per heavy atom. The molecule has 0 aliphatic carbocycles. The van der Waals surface area contributed by atoms with Crippen molar-refractivity contribution >= 4 is 21.9 Å². The highest BCUT2D eigenvalue weighted by atomic mass is 16.5. The van der Waals surface area contributed by atoms with E-state index in [1.54, 1.807) is 0 Å². The Kier molecular flexibility index (Phi) is 4.64. The van der Waals surface area contributed by atoms with Crippen molar-refractivity contribution in [2.45, 2.75) is 19.4 Å². The monoisotopic (exact) mass is 494 g/mol. The van der Waals surface area contributed by atoms with Crippen LogP contribution < -0.4 is 4.74 Å². The van der Waals surface area contributed by atoms with Crippen LogP contribution in [0.15, 0.2) is 118 Å². The minimum Gasteiger partial charge on any atom is -0.456 e. The average molecular weight is 495 g/mol. The van der Waals surface area contributed by atoms with Gasteiger partial charge in [-0.3, -0.25) is 4.68 Å². The summed E-state index contributed by atoms with van der Waals surface area (Å²) in [6.45, 7) is 0.913. The third-order valence-electron chi connectivity index (χ3n) is 7.57. The van der Waals surface area contributed by atoms with E-state index in [-0.39, 0.29) is 0 Å². The topological polar surface area (TPSA) is 48.0 Å². The van der Waals surface area contributed by atoms with Crippen LogP contribution in [0.3, 0.4) is 0 Å². The zero-order valence-electron chi connectivity index (χ0n) is 20.7. The summed E-state index contributed by atoms with van der Waals surface area (Å²) in [5.41, 5.74) is 10.8. The summed E-state index contributed by atoms with van der Waals surface area (Å²) in [4.78, 5) is 0. The second-order valence-electron chi connectivity index (χ2n) is 9.87. The smallest absolute Gasteiger partial charge is 0.290 e. The number of benzene rings is 4. The van der Waals surface area contributed by atoms with Gasteiger partial charge in [-0.2, -0.15) is 5.10 Å². The zero-order valence-corrected chi connectivity index (χ0v) is 20.7. The molecule has 8 rings (SSSR count). The molecule has 4 heterocycles. The average Bonchev–Trinajstić information content (AvgIpc) is 3.67. The molecule has 0 fully saturated rings. The molecule has 3 aromatic heterocycles. The molecule has 7 aromatic rings. The fourth-order valence-electron chi connectivity index (χ4n) is 5.70. The molecular formula is C33H24N3O2+. The SMILES string of the molecule is c1ccc(-c2cccc(-c3ccc4oc5ccc(-[n+]6occ7c6-c6ccnn6CCC7)cc5c4c3)c2)cc1. The third kappa shape index (κ3) is 3.32. The Morgan fingerprint density at radius 3 is 2.37 bits per heavy atom. The quantitative estimate of drug-likeness (QED) is 0.238. The third-order valence-corrected chi connectivity index (χ3v) is 7.57. The van der Waals surface area contributed by atoms with Gasteiger partial charge >= 0.3 is 0 Å². The van der Waals surface area contributed by atoms with Crippen molar-refractivity contribution in [2.75, 3.05) is 0 Å². The van der Waals surface area contributed by atoms with Gasteiger partial charge in [-0.25, -0.2) is 4.52 Å². The van der Waals surface area contributed by atoms with Gasteiger partial charge in [0.25, 0.3) is 11.4 Å². The Bertz CT molecular complexity index is 1960. The summed E-state index contributed by atoms with van der Waals surface area (Å²) in [6.07, 6.45) is 5.76. The fourth-order valence-corrected chi connectivity index (χ4v) is 5.70. The molecule has 0 N–H and O–H groups in total. The van der Waals surface area contributed by atoms with Crippen LogP contribution in [0.4, 0.5) is 0 Å². The van der Waals surface area contributed by atoms with Crippen LogP contribution in [-0.4, -0.2) is 9.78 Å². The van der Waals surface area contributed by atoms with Crippen LogP contribution in [0.25, 0.3) is 61.3 Å². The normalized spacial score (nSPS) is 12.9. The van der Waals surface area contributed by atoms with Gasteiger partial charge in [0.1, 0.15) is 16.9 Å². The second-order valence-corrected chi connectivity index (χ2v) is 9.87. The van der Waals surface area contributed by atoms with E-state index < -0.39 is 0 Å². The molecule has 5 nitrogen and oxygen atoms in total. The lowest BCUT2D eigenvalue weighted by Crippen LogP contribution is -2.31. The van der Waals surface area contributed by atoms with Gasteiger partial charge < -0.3 is 4.42 Å². The van der Waals surface area contributed by atoms with Gasteiger partial charge in [-0.05, 0) is 65.4 Å². The molecule has 1 aliphatic rings. The molecular weight excluding hydrogens is 470 g/mol. The number of aryl methyl sites for hydroxylation is 2. The molecule has 182 valence electrons. The van der Waals surface area contributed by atoms with Crippen molar-refractivity contribution in [3.8, 4) is 39.3 Å². The van der Waals surface area contributed by atoms with E-state index in [9.17, 15) is 0 Å². The largest absolute Gasteiger partial charge is 0.456 e. The van der Waals surface area contributed by atoms with E-state index in [1.807, 2.05) is 29.3 Å². The molecule has 0 spiro atoms. The maximum Gasteiger partial charge on any atom is 0.290 e. The van der Waals surface area contributed by atoms with Gasteiger partial charge in [0, 0.05) is 40.4 Å². The highest BCUT2D eigenvalue weighted by molar-refractivity contribution is 6.06. The predicted molar refractivity (Wildman–Crippen MR) is 148 cm³/mol. The highest BCUT2D eigenvalue weighted by Gasteiger charge is 2.31. The first-order valence-corrected chi connectivity index (χ1v) is 13.0. The van der Waals surface area contributed by atoms with E-state index in [4.69, 9.17) is 8.94 Å². The summed E-state index contributed by atoms with van der Waals surface area (Å²) in [6, 6.07) is 34.0. The van der Waals surface area contributed by atoms with Gasteiger partial charge in [0.05, 0.1) is 5.56 Å². The summed E-state index contributed by atoms with van der Waals surface area (Å²) in [7, 11) is 0. The lowest BCUT2D eigenvalue weighted by Gasteiger charge is -2.06. The van der Waals surface area contributed by atoms with Gasteiger partial charge in [-0.1, -0.05) is 54.6 Å². The van der Waals surface area contributed by atoms with E-state index in [0.717, 1.165) is 64.0 Å². The Morgan fingerprint density at radius 2 is 1.47 bits per heavy atom. The zero-order chi connectivity index (χ0) is 25.1. The summed E-state index contributed by atoms with van der Waals surface area (Å²) < 4.78 is 16.3. The maximum absolute atomic E-state index is 6.23. The lowest BCUT2D eigenvalue weighted by molar-refractivity contribution is -0.775. The number of nitrogens with zero attached hydrogens (tertiary/aromatic N) is 3. The fraction of sp³-hybridized carbons (Fsp3) is 0.0909. The van der Waals surface area contributed by atoms with E-state index in [2.05, 4.69) is 94.7 Å². The molecule has 0 unspecified atom stereocenters. The first-order valence-electron chi connectivity index (χ1n) is 13.0. The van der Waals surface area contributed by atoms with Gasteiger partial charge in [0.15, 0.2) is 6.26 Å². The molecule has 0 saturated heterocycles. The maximum atomic E-state index is 6.23. The van der Waals surface area contributed by atoms with Crippen molar-refractivity contribution in [1.29, 1.82) is 0 Å². The molecule has 0 amide bonds. The van der Waals surface area contributed by atoms with Crippen LogP contribution in [0.2, 0.25) is 0 Å². The lowest BCUT2D eigenvalue weighted by atomic mass is 9.98. The molecule has 0 radical (unpaired) electrons. The molecule has 0 saturated carbocycles. The van der Waals surface area contributed by atoms with Crippen LogP contribution >= 0.6 is 0 Å². The van der Waals surface area contributed by atoms with E-state index >= 15 is 0 Å². The number of furan rings is 1. The molecule has 38 heavy (non-hydrogen) atoms. The highest BCUT2D eigenvalue weighted by Crippen LogP contribution is 2.35. The Balaban J connectivity index is 1.26. The number of rotatable bonds is 3. The molecule has 5 heteroatoms.